The maximum Gasteiger partial charge on any atom is 0.305 e. The van der Waals surface area contributed by atoms with Crippen molar-refractivity contribution in [3.8, 4) is 0 Å². The summed E-state index contributed by atoms with van der Waals surface area (Å²) < 4.78 is 15.3. The molecule has 0 radical (unpaired) electrons. The van der Waals surface area contributed by atoms with Gasteiger partial charge in [0.05, 0.1) is 26.4 Å². The quantitative estimate of drug-likeness (QED) is 0.348. The molecule has 0 amide bonds. The molecule has 0 aromatic heterocycles. The monoisotopic (exact) mass is 282 g/mol. The second-order valence-corrected chi connectivity index (χ2v) is 3.68. The van der Waals surface area contributed by atoms with E-state index in [1.807, 2.05) is 6.92 Å². The predicted molar refractivity (Wildman–Crippen MR) is 61.3 cm³/mol. The highest BCUT2D eigenvalue weighted by molar-refractivity contribution is 9.09. The van der Waals surface area contributed by atoms with Crippen LogP contribution in [0.3, 0.4) is 0 Å². The van der Waals surface area contributed by atoms with Gasteiger partial charge in [0, 0.05) is 11.8 Å². The van der Waals surface area contributed by atoms with Crippen molar-refractivity contribution in [2.24, 2.45) is 0 Å². The molecule has 0 aromatic carbocycles. The van der Waals surface area contributed by atoms with Crippen LogP contribution >= 0.6 is 15.9 Å². The molecule has 0 fully saturated rings. The van der Waals surface area contributed by atoms with Crippen molar-refractivity contribution in [2.45, 2.75) is 19.8 Å². The number of esters is 1. The third-order valence-electron chi connectivity index (χ3n) is 1.54. The van der Waals surface area contributed by atoms with Crippen molar-refractivity contribution in [3.05, 3.63) is 0 Å². The van der Waals surface area contributed by atoms with E-state index in [2.05, 4.69) is 15.9 Å². The molecule has 0 bridgehead atoms. The first-order chi connectivity index (χ1) is 7.31. The molecule has 4 nitrogen and oxygen atoms in total. The third-order valence-corrected chi connectivity index (χ3v) is 1.86. The molecular weight excluding hydrogens is 264 g/mol. The number of hydrogen-bond acceptors (Lipinski definition) is 4. The topological polar surface area (TPSA) is 44.8 Å². The zero-order chi connectivity index (χ0) is 11.4. The largest absolute Gasteiger partial charge is 0.463 e. The summed E-state index contributed by atoms with van der Waals surface area (Å²) >= 11 is 3.25. The second-order valence-electron chi connectivity index (χ2n) is 2.88. The average Bonchev–Trinajstić information content (AvgIpc) is 2.22. The standard InChI is InChI=1S/C10H19BrO4/c1-2-3-10(12)15-9-8-14-7-6-13-5-4-11/h2-9H2,1H3. The zero-order valence-electron chi connectivity index (χ0n) is 9.17. The molecule has 0 N–H and O–H groups in total. The summed E-state index contributed by atoms with van der Waals surface area (Å²) in [5.41, 5.74) is 0. The average molecular weight is 283 g/mol. The van der Waals surface area contributed by atoms with Crippen molar-refractivity contribution in [3.63, 3.8) is 0 Å². The maximum absolute atomic E-state index is 10.9. The molecule has 0 spiro atoms. The van der Waals surface area contributed by atoms with E-state index in [4.69, 9.17) is 14.2 Å². The summed E-state index contributed by atoms with van der Waals surface area (Å²) in [5.74, 6) is -0.156. The van der Waals surface area contributed by atoms with Crippen LogP contribution in [-0.2, 0) is 19.0 Å². The Morgan fingerprint density at radius 1 is 1.07 bits per heavy atom. The molecule has 0 rings (SSSR count). The lowest BCUT2D eigenvalue weighted by Gasteiger charge is -2.05. The van der Waals surface area contributed by atoms with Gasteiger partial charge >= 0.3 is 5.97 Å². The molecule has 0 atom stereocenters. The van der Waals surface area contributed by atoms with Gasteiger partial charge < -0.3 is 14.2 Å². The summed E-state index contributed by atoms with van der Waals surface area (Å²) in [6.07, 6.45) is 1.30. The summed E-state index contributed by atoms with van der Waals surface area (Å²) in [5, 5.41) is 0.835. The molecule has 0 aliphatic rings. The Labute approximate surface area is 99.4 Å². The second kappa shape index (κ2) is 11.9. The number of alkyl halides is 1. The van der Waals surface area contributed by atoms with Crippen LogP contribution in [0.15, 0.2) is 0 Å². The summed E-state index contributed by atoms with van der Waals surface area (Å²) in [6.45, 7) is 4.52. The molecule has 0 aliphatic carbocycles. The smallest absolute Gasteiger partial charge is 0.305 e. The van der Waals surface area contributed by atoms with E-state index >= 15 is 0 Å². The van der Waals surface area contributed by atoms with E-state index in [1.165, 1.54) is 0 Å². The van der Waals surface area contributed by atoms with Crippen LogP contribution in [0, 0.1) is 0 Å². The number of carbonyl (C=O) groups is 1. The van der Waals surface area contributed by atoms with E-state index in [9.17, 15) is 4.79 Å². The van der Waals surface area contributed by atoms with Crippen molar-refractivity contribution < 1.29 is 19.0 Å². The fourth-order valence-electron chi connectivity index (χ4n) is 0.867. The Morgan fingerprint density at radius 2 is 1.67 bits per heavy atom. The van der Waals surface area contributed by atoms with Crippen LogP contribution in [-0.4, -0.2) is 44.3 Å². The van der Waals surface area contributed by atoms with Gasteiger partial charge in [-0.05, 0) is 6.42 Å². The normalized spacial score (nSPS) is 10.3. The van der Waals surface area contributed by atoms with Gasteiger partial charge in [-0.15, -0.1) is 0 Å². The zero-order valence-corrected chi connectivity index (χ0v) is 10.8. The lowest BCUT2D eigenvalue weighted by molar-refractivity contribution is -0.145. The summed E-state index contributed by atoms with van der Waals surface area (Å²) in [6, 6.07) is 0. The Bertz CT molecular complexity index is 152. The van der Waals surface area contributed by atoms with Crippen LogP contribution in [0.25, 0.3) is 0 Å². The van der Waals surface area contributed by atoms with Gasteiger partial charge in [0.25, 0.3) is 0 Å². The Morgan fingerprint density at radius 3 is 2.27 bits per heavy atom. The molecule has 90 valence electrons. The minimum Gasteiger partial charge on any atom is -0.463 e. The van der Waals surface area contributed by atoms with Gasteiger partial charge in [-0.1, -0.05) is 22.9 Å². The lowest BCUT2D eigenvalue weighted by Crippen LogP contribution is -2.12. The number of halogens is 1. The molecule has 0 heterocycles. The maximum atomic E-state index is 10.9. The van der Waals surface area contributed by atoms with Gasteiger partial charge in [0.2, 0.25) is 0 Å². The van der Waals surface area contributed by atoms with Gasteiger partial charge in [-0.3, -0.25) is 4.79 Å². The predicted octanol–water partition coefficient (Wildman–Crippen LogP) is 1.76. The van der Waals surface area contributed by atoms with Crippen LogP contribution in [0.2, 0.25) is 0 Å². The van der Waals surface area contributed by atoms with Crippen molar-refractivity contribution in [1.29, 1.82) is 0 Å². The van der Waals surface area contributed by atoms with Crippen molar-refractivity contribution in [2.75, 3.05) is 38.4 Å². The van der Waals surface area contributed by atoms with Gasteiger partial charge in [-0.2, -0.15) is 0 Å². The van der Waals surface area contributed by atoms with E-state index in [0.29, 0.717) is 39.5 Å². The Balaban J connectivity index is 3.01. The summed E-state index contributed by atoms with van der Waals surface area (Å²) in [7, 11) is 0. The fourth-order valence-corrected chi connectivity index (χ4v) is 1.10. The highest BCUT2D eigenvalue weighted by Crippen LogP contribution is 1.91. The van der Waals surface area contributed by atoms with E-state index < -0.39 is 0 Å². The Kier molecular flexibility index (Phi) is 11.8. The molecule has 0 saturated carbocycles. The number of ether oxygens (including phenoxy) is 3. The lowest BCUT2D eigenvalue weighted by atomic mass is 10.3. The number of hydrogen-bond donors (Lipinski definition) is 0. The third kappa shape index (κ3) is 11.8. The number of rotatable bonds is 10. The van der Waals surface area contributed by atoms with E-state index in [-0.39, 0.29) is 5.97 Å². The minimum absolute atomic E-state index is 0.156. The Hall–Kier alpha value is -0.130. The first kappa shape index (κ1) is 14.9. The van der Waals surface area contributed by atoms with Crippen LogP contribution in [0.4, 0.5) is 0 Å². The first-order valence-corrected chi connectivity index (χ1v) is 6.30. The fraction of sp³-hybridized carbons (Fsp3) is 0.900. The van der Waals surface area contributed by atoms with Crippen molar-refractivity contribution in [1.82, 2.24) is 0 Å². The van der Waals surface area contributed by atoms with Crippen LogP contribution in [0.5, 0.6) is 0 Å². The molecule has 5 heteroatoms. The van der Waals surface area contributed by atoms with Gasteiger partial charge in [-0.25, -0.2) is 0 Å². The first-order valence-electron chi connectivity index (χ1n) is 5.18. The SMILES string of the molecule is CCCC(=O)OCCOCCOCCBr. The molecular formula is C10H19BrO4. The summed E-state index contributed by atoms with van der Waals surface area (Å²) in [4.78, 5) is 10.9. The van der Waals surface area contributed by atoms with E-state index in [0.717, 1.165) is 11.8 Å². The van der Waals surface area contributed by atoms with Crippen LogP contribution < -0.4 is 0 Å². The van der Waals surface area contributed by atoms with Crippen molar-refractivity contribution >= 4 is 21.9 Å². The van der Waals surface area contributed by atoms with Gasteiger partial charge in [0.15, 0.2) is 0 Å². The van der Waals surface area contributed by atoms with Gasteiger partial charge in [0.1, 0.15) is 6.61 Å². The highest BCUT2D eigenvalue weighted by Gasteiger charge is 1.99. The minimum atomic E-state index is -0.156. The molecule has 0 saturated heterocycles. The van der Waals surface area contributed by atoms with Crippen LogP contribution in [0.1, 0.15) is 19.8 Å². The van der Waals surface area contributed by atoms with E-state index in [1.54, 1.807) is 0 Å². The molecule has 0 aliphatic heterocycles. The highest BCUT2D eigenvalue weighted by atomic mass is 79.9. The number of carbonyl (C=O) groups excluding carboxylic acids is 1. The molecule has 15 heavy (non-hydrogen) atoms. The molecule has 0 aromatic rings. The molecule has 0 unspecified atom stereocenters.